The molecule has 1 amide bonds. The summed E-state index contributed by atoms with van der Waals surface area (Å²) in [6.07, 6.45) is 0.217. The van der Waals surface area contributed by atoms with E-state index in [9.17, 15) is 22.4 Å². The lowest BCUT2D eigenvalue weighted by molar-refractivity contribution is -0.153. The summed E-state index contributed by atoms with van der Waals surface area (Å²) in [6.45, 7) is 7.03. The number of benzene rings is 2. The third-order valence-electron chi connectivity index (χ3n) is 10.4. The lowest BCUT2D eigenvalue weighted by Crippen LogP contribution is -2.62. The highest BCUT2D eigenvalue weighted by molar-refractivity contribution is 6.06. The number of anilines is 1. The van der Waals surface area contributed by atoms with Gasteiger partial charge < -0.3 is 19.3 Å². The number of hydrogen-bond acceptors (Lipinski definition) is 8. The lowest BCUT2D eigenvalue weighted by Gasteiger charge is -2.54. The van der Waals surface area contributed by atoms with Crippen molar-refractivity contribution in [3.8, 4) is 22.9 Å². The minimum Gasteiger partial charge on any atom is -0.481 e. The summed E-state index contributed by atoms with van der Waals surface area (Å²) in [4.78, 5) is 27.5. The first-order chi connectivity index (χ1) is 23.4. The van der Waals surface area contributed by atoms with Crippen molar-refractivity contribution in [2.45, 2.75) is 50.8 Å². The van der Waals surface area contributed by atoms with Crippen LogP contribution in [0.4, 0.5) is 23.4 Å². The average Bonchev–Trinajstić information content (AvgIpc) is 3.77. The second-order valence-corrected chi connectivity index (χ2v) is 14.2. The van der Waals surface area contributed by atoms with Gasteiger partial charge in [0, 0.05) is 61.0 Å². The second kappa shape index (κ2) is 11.6. The summed E-state index contributed by atoms with van der Waals surface area (Å²) in [5.41, 5.74) is 4.02. The molecule has 8 rings (SSSR count). The summed E-state index contributed by atoms with van der Waals surface area (Å²) in [6, 6.07) is 5.96. The van der Waals surface area contributed by atoms with Gasteiger partial charge in [-0.3, -0.25) is 14.8 Å². The number of hydrogen-bond donors (Lipinski definition) is 1. The van der Waals surface area contributed by atoms with Crippen LogP contribution in [0.15, 0.2) is 36.8 Å². The van der Waals surface area contributed by atoms with Gasteiger partial charge in [-0.25, -0.2) is 4.39 Å². The summed E-state index contributed by atoms with van der Waals surface area (Å²) in [5, 5.41) is 8.62. The third kappa shape index (κ3) is 5.83. The molecule has 4 fully saturated rings. The lowest BCUT2D eigenvalue weighted by atomic mass is 9.72. The van der Waals surface area contributed by atoms with Gasteiger partial charge in [0.1, 0.15) is 17.4 Å². The normalized spacial score (nSPS) is 19.7. The van der Waals surface area contributed by atoms with E-state index in [1.165, 1.54) is 4.90 Å². The number of H-pyrrole nitrogens is 1. The number of alkyl halides is 3. The zero-order valence-electron chi connectivity index (χ0n) is 27.4. The topological polar surface area (TPSA) is 99.7 Å². The Morgan fingerprint density at radius 1 is 1.10 bits per heavy atom. The fraction of sp³-hybridized carbons (Fsp3) is 0.486. The molecule has 1 aliphatic carbocycles. The zero-order valence-corrected chi connectivity index (χ0v) is 27.4. The molecule has 5 heterocycles. The van der Waals surface area contributed by atoms with Crippen LogP contribution in [-0.2, 0) is 4.79 Å². The Hall–Kier alpha value is -4.46. The number of ether oxygens (including phenoxy) is 2. The molecule has 1 spiro atoms. The number of likely N-dealkylation sites (tertiary alicyclic amines) is 2. The molecule has 49 heavy (non-hydrogen) atoms. The molecule has 258 valence electrons. The van der Waals surface area contributed by atoms with Gasteiger partial charge in [0.2, 0.25) is 0 Å². The van der Waals surface area contributed by atoms with Crippen LogP contribution < -0.4 is 14.4 Å². The van der Waals surface area contributed by atoms with E-state index in [0.29, 0.717) is 56.0 Å². The predicted molar refractivity (Wildman–Crippen MR) is 176 cm³/mol. The van der Waals surface area contributed by atoms with E-state index in [-0.39, 0.29) is 34.7 Å². The number of aryl methyl sites for hydroxylation is 1. The van der Waals surface area contributed by atoms with Crippen molar-refractivity contribution in [1.82, 2.24) is 30.0 Å². The molecule has 0 bridgehead atoms. The number of nitrogens with zero attached hydrogens (tertiary/aromatic N) is 6. The Bertz CT molecular complexity index is 1970. The molecule has 4 aromatic rings. The van der Waals surface area contributed by atoms with Gasteiger partial charge in [-0.05, 0) is 74.4 Å². The quantitative estimate of drug-likeness (QED) is 0.182. The van der Waals surface area contributed by atoms with Gasteiger partial charge in [0.25, 0.3) is 5.91 Å². The molecular formula is C35H37F4N7O3. The molecule has 1 saturated carbocycles. The van der Waals surface area contributed by atoms with Crippen molar-refractivity contribution >= 4 is 33.5 Å². The highest BCUT2D eigenvalue weighted by Gasteiger charge is 2.47. The van der Waals surface area contributed by atoms with Gasteiger partial charge in [-0.1, -0.05) is 12.6 Å². The first-order valence-electron chi connectivity index (χ1n) is 16.6. The summed E-state index contributed by atoms with van der Waals surface area (Å²) < 4.78 is 67.3. The van der Waals surface area contributed by atoms with Crippen LogP contribution >= 0.6 is 0 Å². The number of amides is 1. The van der Waals surface area contributed by atoms with E-state index in [0.717, 1.165) is 53.3 Å². The maximum absolute atomic E-state index is 13.9. The summed E-state index contributed by atoms with van der Waals surface area (Å²) in [5.74, 6) is -0.860. The van der Waals surface area contributed by atoms with Crippen molar-refractivity contribution in [1.29, 1.82) is 0 Å². The van der Waals surface area contributed by atoms with Crippen molar-refractivity contribution in [3.63, 3.8) is 0 Å². The van der Waals surface area contributed by atoms with E-state index in [4.69, 9.17) is 19.4 Å². The van der Waals surface area contributed by atoms with E-state index >= 15 is 0 Å². The number of aromatic amines is 1. The largest absolute Gasteiger partial charge is 0.481 e. The molecule has 0 atom stereocenters. The van der Waals surface area contributed by atoms with E-state index in [2.05, 4.69) is 26.6 Å². The molecule has 0 radical (unpaired) electrons. The Balaban J connectivity index is 1.27. The number of nitrogens with one attached hydrogen (secondary N) is 1. The van der Waals surface area contributed by atoms with Crippen molar-refractivity contribution in [2.24, 2.45) is 5.41 Å². The highest BCUT2D eigenvalue weighted by atomic mass is 19.4. The zero-order chi connectivity index (χ0) is 34.2. The average molecular weight is 680 g/mol. The minimum absolute atomic E-state index is 0.0563. The monoisotopic (exact) mass is 679 g/mol. The first-order valence-corrected chi connectivity index (χ1v) is 16.6. The Labute approximate surface area is 280 Å². The Kier molecular flexibility index (Phi) is 7.50. The number of aromatic nitrogens is 4. The van der Waals surface area contributed by atoms with E-state index in [1.54, 1.807) is 6.20 Å². The highest BCUT2D eigenvalue weighted by Crippen LogP contribution is 2.53. The van der Waals surface area contributed by atoms with Crippen LogP contribution in [0.25, 0.3) is 32.9 Å². The Morgan fingerprint density at radius 3 is 2.49 bits per heavy atom. The van der Waals surface area contributed by atoms with Crippen LogP contribution in [0, 0.1) is 12.3 Å². The number of piperidine rings is 1. The second-order valence-electron chi connectivity index (χ2n) is 14.2. The Morgan fingerprint density at radius 2 is 1.84 bits per heavy atom. The minimum atomic E-state index is -4.59. The van der Waals surface area contributed by atoms with Crippen LogP contribution in [0.3, 0.4) is 0 Å². The van der Waals surface area contributed by atoms with Gasteiger partial charge in [0.15, 0.2) is 18.2 Å². The summed E-state index contributed by atoms with van der Waals surface area (Å²) >= 11 is 0. The number of rotatable bonds is 8. The van der Waals surface area contributed by atoms with Crippen LogP contribution in [-0.4, -0.2) is 101 Å². The number of fused-ring (bicyclic) bond motifs is 2. The molecule has 4 aliphatic rings. The fourth-order valence-corrected chi connectivity index (χ4v) is 7.69. The SMILES string of the molecule is C=C(F)C(=O)N1CC2(CCN(c3nc(OC4CN(C)C4)nc4c(OCC(F)(F)F)c(-c5c(C)ccc6[nH]ncc56)c(C5CC5)cc34)CC2)C1. The van der Waals surface area contributed by atoms with Gasteiger partial charge in [-0.15, -0.1) is 0 Å². The smallest absolute Gasteiger partial charge is 0.422 e. The molecule has 1 N–H and O–H groups in total. The van der Waals surface area contributed by atoms with Crippen LogP contribution in [0.1, 0.15) is 42.7 Å². The van der Waals surface area contributed by atoms with Gasteiger partial charge >= 0.3 is 12.2 Å². The number of carbonyl (C=O) groups excluding carboxylic acids is 1. The van der Waals surface area contributed by atoms with Gasteiger partial charge in [0.05, 0.1) is 11.7 Å². The molecule has 0 unspecified atom stereocenters. The summed E-state index contributed by atoms with van der Waals surface area (Å²) in [7, 11) is 1.97. The van der Waals surface area contributed by atoms with E-state index in [1.807, 2.05) is 32.2 Å². The maximum Gasteiger partial charge on any atom is 0.422 e. The van der Waals surface area contributed by atoms with Crippen molar-refractivity contribution in [2.75, 3.05) is 57.8 Å². The first kappa shape index (κ1) is 31.8. The molecule has 3 saturated heterocycles. The molecular weight excluding hydrogens is 642 g/mol. The molecule has 3 aliphatic heterocycles. The van der Waals surface area contributed by atoms with E-state index < -0.39 is 24.5 Å². The van der Waals surface area contributed by atoms with Gasteiger partial charge in [-0.2, -0.15) is 28.2 Å². The predicted octanol–water partition coefficient (Wildman–Crippen LogP) is 5.90. The third-order valence-corrected chi connectivity index (χ3v) is 10.4. The van der Waals surface area contributed by atoms with Crippen LogP contribution in [0.5, 0.6) is 11.8 Å². The van der Waals surface area contributed by atoms with Crippen LogP contribution in [0.2, 0.25) is 0 Å². The number of carbonyl (C=O) groups is 1. The molecule has 2 aromatic carbocycles. The van der Waals surface area contributed by atoms with Crippen molar-refractivity contribution < 1.29 is 31.8 Å². The fourth-order valence-electron chi connectivity index (χ4n) is 7.69. The molecule has 14 heteroatoms. The maximum atomic E-state index is 13.9. The number of likely N-dealkylation sites (N-methyl/N-ethyl adjacent to an activating group) is 1. The molecule has 10 nitrogen and oxygen atoms in total. The number of halogens is 4. The van der Waals surface area contributed by atoms with Crippen molar-refractivity contribution in [3.05, 3.63) is 47.9 Å². The molecule has 2 aromatic heterocycles. The standard InChI is InChI=1S/C35H37F4N7O3/c1-19-4-7-26-25(13-40-43-26)27(19)28-23(21-5-6-21)12-24-29(30(28)48-18-35(37,38)39)41-33(49-22-14-44(3)15-22)42-31(24)45-10-8-34(9-11-45)16-46(17-34)32(47)20(2)36/h4,7,12-13,21-22H,2,5-6,8-11,14-18H2,1,3H3,(H,40,43).